The Morgan fingerprint density at radius 3 is 2.20 bits per heavy atom. The molecule has 0 saturated carbocycles. The molecule has 3 aliphatic rings. The van der Waals surface area contributed by atoms with Gasteiger partial charge in [0.1, 0.15) is 36.3 Å². The van der Waals surface area contributed by atoms with Gasteiger partial charge >= 0.3 is 6.80 Å². The minimum atomic E-state index is -4.42. The van der Waals surface area contributed by atoms with Crippen molar-refractivity contribution in [1.82, 2.24) is 39.0 Å². The van der Waals surface area contributed by atoms with Gasteiger partial charge in [0.25, 0.3) is 20.6 Å². The lowest BCUT2D eigenvalue weighted by atomic mass is 10.1. The van der Waals surface area contributed by atoms with Crippen molar-refractivity contribution in [2.24, 2.45) is 0 Å². The lowest BCUT2D eigenvalue weighted by molar-refractivity contribution is -0.0546. The van der Waals surface area contributed by atoms with E-state index < -0.39 is 82.3 Å². The van der Waals surface area contributed by atoms with Gasteiger partial charge in [-0.25, -0.2) is 33.3 Å². The van der Waals surface area contributed by atoms with Gasteiger partial charge in [0.15, 0.2) is 47.4 Å². The molecule has 10 atom stereocenters. The maximum atomic E-state index is 16.0. The number of alkyl halides is 2. The number of imidazole rings is 2. The van der Waals surface area contributed by atoms with Gasteiger partial charge in [-0.1, -0.05) is 12.2 Å². The topological polar surface area (TPSA) is 249 Å². The van der Waals surface area contributed by atoms with Crippen LogP contribution in [0, 0.1) is 0 Å². The first-order valence-corrected chi connectivity index (χ1v) is 17.8. The Morgan fingerprint density at radius 2 is 1.51 bits per heavy atom. The molecule has 0 spiro atoms. The molecule has 7 rings (SSSR count). The molecule has 3 fully saturated rings. The van der Waals surface area contributed by atoms with Crippen LogP contribution in [0.1, 0.15) is 12.5 Å². The first-order chi connectivity index (χ1) is 21.3. The number of nitrogens with two attached hydrogens (primary N) is 2. The van der Waals surface area contributed by atoms with Crippen LogP contribution in [0.25, 0.3) is 22.3 Å². The maximum Gasteiger partial charge on any atom is 0.386 e. The number of halogens is 2. The summed E-state index contributed by atoms with van der Waals surface area (Å²) in [7, 11) is -3.04. The number of ether oxygens (including phenoxy) is 2. The highest BCUT2D eigenvalue weighted by Crippen LogP contribution is 2.58. The summed E-state index contributed by atoms with van der Waals surface area (Å²) in [6.45, 7) is -5.70. The summed E-state index contributed by atoms with van der Waals surface area (Å²) in [6, 6.07) is 0. The fraction of sp³-hybridized carbons (Fsp3) is 0.500. The van der Waals surface area contributed by atoms with E-state index in [1.54, 1.807) is 0 Å². The number of rotatable bonds is 2. The average molecular weight is 690 g/mol. The summed E-state index contributed by atoms with van der Waals surface area (Å²) in [6.07, 6.45) is -9.53. The van der Waals surface area contributed by atoms with E-state index in [4.69, 9.17) is 39.0 Å². The van der Waals surface area contributed by atoms with E-state index in [9.17, 15) is 13.9 Å². The second kappa shape index (κ2) is 11.1. The Kier molecular flexibility index (Phi) is 7.53. The zero-order valence-corrected chi connectivity index (χ0v) is 25.5. The van der Waals surface area contributed by atoms with Gasteiger partial charge in [0, 0.05) is 0 Å². The number of thiol groups is 1. The van der Waals surface area contributed by atoms with E-state index in [-0.39, 0.29) is 34.1 Å². The number of hydrogen-bond acceptors (Lipinski definition) is 16. The molecule has 240 valence electrons. The summed E-state index contributed by atoms with van der Waals surface area (Å²) >= 11 is 3.98. The van der Waals surface area contributed by atoms with Crippen LogP contribution in [0.4, 0.5) is 20.5 Å². The highest BCUT2D eigenvalue weighted by molar-refractivity contribution is 8.44. The molecule has 0 aliphatic carbocycles. The van der Waals surface area contributed by atoms with E-state index in [0.717, 1.165) is 24.8 Å². The van der Waals surface area contributed by atoms with Crippen molar-refractivity contribution in [3.63, 3.8) is 0 Å². The molecule has 45 heavy (non-hydrogen) atoms. The number of nitrogen functional groups attached to an aromatic ring is 2. The minimum Gasteiger partial charge on any atom is -0.382 e. The van der Waals surface area contributed by atoms with Crippen LogP contribution >= 0.6 is 26.5 Å². The first-order valence-electron chi connectivity index (χ1n) is 13.1. The van der Waals surface area contributed by atoms with Crippen molar-refractivity contribution in [2.75, 3.05) is 24.7 Å². The molecular weight excluding hydrogens is 667 g/mol. The van der Waals surface area contributed by atoms with Crippen molar-refractivity contribution >= 4 is 68.2 Å². The number of nitrogens with one attached hydrogen (secondary N) is 1. The van der Waals surface area contributed by atoms with Crippen LogP contribution in [0.2, 0.25) is 0 Å². The third kappa shape index (κ3) is 5.45. The lowest BCUT2D eigenvalue weighted by Crippen LogP contribution is -2.37. The van der Waals surface area contributed by atoms with Crippen LogP contribution in [0.3, 0.4) is 0 Å². The number of H-pyrrole nitrogens is 1. The summed E-state index contributed by atoms with van der Waals surface area (Å²) in [5.41, 5.74) is 10.9. The number of nitrogens with zero attached hydrogens (tertiary/aromatic N) is 7. The molecule has 0 amide bonds. The summed E-state index contributed by atoms with van der Waals surface area (Å²) in [4.78, 5) is 34.5. The van der Waals surface area contributed by atoms with Crippen molar-refractivity contribution in [2.45, 2.75) is 49.2 Å². The molecule has 0 radical (unpaired) electrons. The zero-order chi connectivity index (χ0) is 31.8. The normalized spacial score (nSPS) is 37.7. The fourth-order valence-corrected chi connectivity index (χ4v) is 8.01. The number of fused-ring (bicyclic) bond motifs is 4. The molecular formula is C20H23BF2N10O9P2S. The van der Waals surface area contributed by atoms with Crippen molar-refractivity contribution < 1.29 is 45.5 Å². The molecule has 3 saturated heterocycles. The van der Waals surface area contributed by atoms with E-state index in [2.05, 4.69) is 42.2 Å². The minimum absolute atomic E-state index is 0.0503. The third-order valence-electron chi connectivity index (χ3n) is 7.36. The Labute approximate surface area is 255 Å². The predicted octanol–water partition coefficient (Wildman–Crippen LogP) is 0.191. The average Bonchev–Trinajstić information content (AvgIpc) is 3.72. The van der Waals surface area contributed by atoms with Crippen LogP contribution in [0.15, 0.2) is 23.8 Å². The van der Waals surface area contributed by atoms with E-state index in [1.165, 1.54) is 10.9 Å². The molecule has 6 unspecified atom stereocenters. The van der Waals surface area contributed by atoms with Crippen molar-refractivity contribution in [3.05, 3.63) is 29.3 Å². The largest absolute Gasteiger partial charge is 0.386 e. The number of aromatic nitrogens is 8. The summed E-state index contributed by atoms with van der Waals surface area (Å²) in [5, 5.41) is 0. The monoisotopic (exact) mass is 690 g/mol. The first kappa shape index (κ1) is 30.6. The highest BCUT2D eigenvalue weighted by atomic mass is 32.7. The van der Waals surface area contributed by atoms with Crippen LogP contribution in [-0.2, 0) is 36.7 Å². The molecule has 25 heteroatoms. The standard InChI is InChI=1S/C20H23BF2N10O9P2S/c21-43(35)37-1-6-13(9(23)19(39-6)33-5-29-11-16(33)30-20(25)31-17(11)34)42-44(36,45)38-2-7-12(41-43)8(22)18(40-7)32-4-28-10-14(24)26-3-27-15(10)32/h3-9,12-13,18-19H,1-2,21H2,(H,36,45)(H2,24,26,27)(H3,25,30,31,34)/t6-,7-,8?,9?,12?,13?,18-,19-,43?,44?/m1/s1. The zero-order valence-electron chi connectivity index (χ0n) is 22.8. The second-order valence-electron chi connectivity index (χ2n) is 10.3. The van der Waals surface area contributed by atoms with Gasteiger partial charge < -0.3 is 30.0 Å². The lowest BCUT2D eigenvalue weighted by Gasteiger charge is -2.29. The van der Waals surface area contributed by atoms with Gasteiger partial charge in [-0.2, -0.15) is 4.98 Å². The van der Waals surface area contributed by atoms with E-state index >= 15 is 8.78 Å². The summed E-state index contributed by atoms with van der Waals surface area (Å²) < 4.78 is 94.8. The quantitative estimate of drug-likeness (QED) is 0.125. The smallest absolute Gasteiger partial charge is 0.382 e. The molecule has 19 nitrogen and oxygen atoms in total. The second-order valence-corrected chi connectivity index (χ2v) is 15.2. The molecule has 4 aromatic heterocycles. The Bertz CT molecular complexity index is 1950. The number of aromatic amines is 1. The van der Waals surface area contributed by atoms with E-state index in [1.807, 2.05) is 0 Å². The summed E-state index contributed by atoms with van der Waals surface area (Å²) in [5.74, 6) is -0.208. The van der Waals surface area contributed by atoms with Crippen molar-refractivity contribution in [3.8, 4) is 0 Å². The molecule has 3 aliphatic heterocycles. The third-order valence-corrected chi connectivity index (χ3v) is 10.2. The molecule has 7 heterocycles. The Balaban J connectivity index is 1.17. The predicted molar refractivity (Wildman–Crippen MR) is 154 cm³/mol. The van der Waals surface area contributed by atoms with Gasteiger partial charge in [-0.3, -0.25) is 32.5 Å². The van der Waals surface area contributed by atoms with Crippen LogP contribution in [-0.4, -0.2) is 96.6 Å². The van der Waals surface area contributed by atoms with Crippen LogP contribution < -0.4 is 17.0 Å². The van der Waals surface area contributed by atoms with Crippen LogP contribution in [0.5, 0.6) is 0 Å². The van der Waals surface area contributed by atoms with Gasteiger partial charge in [0.2, 0.25) is 5.95 Å². The fourth-order valence-electron chi connectivity index (χ4n) is 5.35. The SMILES string of the molecule is BP1(=O)OC[C@H]2O[C@@H](n3cnc4c(=O)[nH]c(N)nc43)C(F)C2OP(=O)(S)OC[C@H]2O[C@@H](n3cnc4c(N)ncnc43)C(F)C2O1. The molecule has 0 aromatic carbocycles. The number of anilines is 2. The van der Waals surface area contributed by atoms with Crippen molar-refractivity contribution in [1.29, 1.82) is 0 Å². The number of hydrogen-bond donors (Lipinski definition) is 4. The van der Waals surface area contributed by atoms with Gasteiger partial charge in [0.05, 0.1) is 25.9 Å². The molecule has 5 N–H and O–H groups in total. The Morgan fingerprint density at radius 1 is 0.911 bits per heavy atom. The van der Waals surface area contributed by atoms with E-state index in [0.29, 0.717) is 0 Å². The highest BCUT2D eigenvalue weighted by Gasteiger charge is 2.54. The van der Waals surface area contributed by atoms with Gasteiger partial charge in [-0.15, -0.1) is 0 Å². The molecule has 4 aromatic rings. The van der Waals surface area contributed by atoms with Gasteiger partial charge in [-0.05, 0) is 0 Å². The Hall–Kier alpha value is -3.01. The molecule has 0 bridgehead atoms. The maximum absolute atomic E-state index is 16.0.